The maximum absolute atomic E-state index is 10.9. The molecule has 0 N–H and O–H groups in total. The second-order valence-electron chi connectivity index (χ2n) is 2.10. The Morgan fingerprint density at radius 1 is 1.00 bits per heavy atom. The summed E-state index contributed by atoms with van der Waals surface area (Å²) in [5.74, 6) is 0. The van der Waals surface area contributed by atoms with Crippen molar-refractivity contribution in [2.75, 3.05) is 10.7 Å². The summed E-state index contributed by atoms with van der Waals surface area (Å²) in [5, 5.41) is 1.71. The Hall–Kier alpha value is 0.190. The molecule has 0 saturated carbocycles. The van der Waals surface area contributed by atoms with Crippen molar-refractivity contribution in [2.45, 2.75) is 12.8 Å². The van der Waals surface area contributed by atoms with Crippen molar-refractivity contribution in [3.63, 3.8) is 0 Å². The Morgan fingerprint density at radius 3 is 1.79 bits per heavy atom. The van der Waals surface area contributed by atoms with Crippen LogP contribution in [0.3, 0.4) is 0 Å². The smallest absolute Gasteiger partial charge is 0.379 e. The van der Waals surface area contributed by atoms with E-state index in [0.29, 0.717) is 0 Å². The first-order chi connectivity index (χ1) is 6.81. The third kappa shape index (κ3) is 10.3. The van der Waals surface area contributed by atoms with Gasteiger partial charge in [0.2, 0.25) is 0 Å². The van der Waals surface area contributed by atoms with Crippen molar-refractivity contribution in [1.82, 2.24) is 0 Å². The van der Waals surface area contributed by atoms with E-state index in [1.165, 1.54) is 12.5 Å². The van der Waals surface area contributed by atoms with Gasteiger partial charge in [-0.1, -0.05) is 31.9 Å². The average Bonchev–Trinajstić information content (AvgIpc) is 2.19. The number of halogens is 2. The van der Waals surface area contributed by atoms with Crippen molar-refractivity contribution in [3.8, 4) is 0 Å². The van der Waals surface area contributed by atoms with Crippen LogP contribution >= 0.6 is 31.9 Å². The van der Waals surface area contributed by atoms with Crippen LogP contribution in [0.2, 0.25) is 0 Å². The van der Waals surface area contributed by atoms with Crippen molar-refractivity contribution in [1.29, 1.82) is 0 Å². The number of alkyl halides is 2. The molecule has 0 aliphatic rings. The molecule has 0 aromatic heterocycles. The van der Waals surface area contributed by atoms with Gasteiger partial charge in [0.15, 0.2) is 0 Å². The Morgan fingerprint density at radius 2 is 1.43 bits per heavy atom. The van der Waals surface area contributed by atoms with Crippen molar-refractivity contribution < 1.29 is 12.6 Å². The van der Waals surface area contributed by atoms with Crippen molar-refractivity contribution in [3.05, 3.63) is 24.7 Å². The molecule has 0 fully saturated rings. The van der Waals surface area contributed by atoms with Gasteiger partial charge in [-0.3, -0.25) is 0 Å². The molecule has 0 aliphatic carbocycles. The molecule has 0 atom stereocenters. The van der Waals surface area contributed by atoms with Gasteiger partial charge in [-0.2, -0.15) is 4.21 Å². The monoisotopic (exact) mass is 346 g/mol. The molecule has 0 spiro atoms. The molecule has 6 heteroatoms. The summed E-state index contributed by atoms with van der Waals surface area (Å²) in [7, 11) is 0. The molecule has 0 aliphatic heterocycles. The Labute approximate surface area is 104 Å². The topological polar surface area (TPSA) is 35.5 Å². The van der Waals surface area contributed by atoms with Crippen LogP contribution in [0.5, 0.6) is 0 Å². The van der Waals surface area contributed by atoms with Gasteiger partial charge in [0.05, 0.1) is 0 Å². The minimum Gasteiger partial charge on any atom is -0.379 e. The second-order valence-corrected chi connectivity index (χ2v) is 4.47. The Bertz CT molecular complexity index is 187. The molecule has 82 valence electrons. The fourth-order valence-electron chi connectivity index (χ4n) is 0.454. The number of rotatable bonds is 8. The van der Waals surface area contributed by atoms with E-state index < -0.39 is 11.4 Å². The third-order valence-corrected chi connectivity index (χ3v) is 2.46. The molecule has 0 radical (unpaired) electrons. The van der Waals surface area contributed by atoms with Gasteiger partial charge in [-0.25, -0.2) is 0 Å². The van der Waals surface area contributed by atoms with Gasteiger partial charge in [0, 0.05) is 10.7 Å². The number of allylic oxidation sites excluding steroid dienone is 2. The largest absolute Gasteiger partial charge is 0.416 e. The standard InChI is InChI=1S/C8H12Br2O3S/c9-5-1-3-7-12-14(11)13-8-4-2-6-10/h3-4,7-8H,1-2,5-6H2. The molecule has 0 unspecified atom stereocenters. The number of hydrogen-bond acceptors (Lipinski definition) is 3. The maximum atomic E-state index is 10.9. The lowest BCUT2D eigenvalue weighted by molar-refractivity contribution is 0.392. The van der Waals surface area contributed by atoms with Crippen LogP contribution < -0.4 is 0 Å². The molecule has 0 amide bonds. The van der Waals surface area contributed by atoms with E-state index in [9.17, 15) is 4.21 Å². The fourth-order valence-corrected chi connectivity index (χ4v) is 1.37. The first-order valence-corrected chi connectivity index (χ1v) is 7.23. The van der Waals surface area contributed by atoms with E-state index >= 15 is 0 Å². The summed E-state index contributed by atoms with van der Waals surface area (Å²) in [6, 6.07) is 0. The quantitative estimate of drug-likeness (QED) is 0.499. The zero-order chi connectivity index (χ0) is 10.6. The Balaban J connectivity index is 3.45. The molecule has 0 saturated heterocycles. The predicted molar refractivity (Wildman–Crippen MR) is 65.4 cm³/mol. The van der Waals surface area contributed by atoms with Crippen LogP contribution in [0.1, 0.15) is 12.8 Å². The van der Waals surface area contributed by atoms with E-state index in [2.05, 4.69) is 31.9 Å². The van der Waals surface area contributed by atoms with Crippen LogP contribution in [0.25, 0.3) is 0 Å². The summed E-state index contributed by atoms with van der Waals surface area (Å²) in [6.07, 6.45) is 7.93. The highest BCUT2D eigenvalue weighted by molar-refractivity contribution is 9.09. The van der Waals surface area contributed by atoms with Crippen LogP contribution in [0.15, 0.2) is 24.7 Å². The SMILES string of the molecule is O=S(OC=CCCBr)OC=CCCBr. The lowest BCUT2D eigenvalue weighted by Gasteiger charge is -1.96. The molecule has 0 rings (SSSR count). The fraction of sp³-hybridized carbons (Fsp3) is 0.500. The molecule has 14 heavy (non-hydrogen) atoms. The van der Waals surface area contributed by atoms with Crippen molar-refractivity contribution in [2.24, 2.45) is 0 Å². The van der Waals surface area contributed by atoms with Crippen LogP contribution in [0, 0.1) is 0 Å². The summed E-state index contributed by atoms with van der Waals surface area (Å²) >= 11 is 4.76. The highest BCUT2D eigenvalue weighted by atomic mass is 79.9. The average molecular weight is 348 g/mol. The first-order valence-electron chi connectivity index (χ1n) is 3.99. The van der Waals surface area contributed by atoms with Gasteiger partial charge in [0.25, 0.3) is 0 Å². The highest BCUT2D eigenvalue weighted by Crippen LogP contribution is 1.96. The normalized spacial score (nSPS) is 13.6. The number of hydrogen-bond donors (Lipinski definition) is 0. The lowest BCUT2D eigenvalue weighted by atomic mass is 10.5. The van der Waals surface area contributed by atoms with Crippen LogP contribution in [-0.4, -0.2) is 14.9 Å². The molecule has 0 aromatic rings. The summed E-state index contributed by atoms with van der Waals surface area (Å²) in [5.41, 5.74) is 0. The van der Waals surface area contributed by atoms with Crippen LogP contribution in [-0.2, 0) is 19.7 Å². The van der Waals surface area contributed by atoms with Crippen molar-refractivity contribution >= 4 is 43.2 Å². The van der Waals surface area contributed by atoms with Crippen LogP contribution in [0.4, 0.5) is 0 Å². The minimum atomic E-state index is -1.73. The summed E-state index contributed by atoms with van der Waals surface area (Å²) in [6.45, 7) is 0. The van der Waals surface area contributed by atoms with Gasteiger partial charge in [-0.15, -0.1) is 0 Å². The summed E-state index contributed by atoms with van der Waals surface area (Å²) < 4.78 is 20.3. The van der Waals surface area contributed by atoms with Gasteiger partial charge in [0.1, 0.15) is 12.5 Å². The first kappa shape index (κ1) is 14.2. The molecule has 0 heterocycles. The zero-order valence-electron chi connectivity index (χ0n) is 7.53. The summed E-state index contributed by atoms with van der Waals surface area (Å²) in [4.78, 5) is 0. The maximum Gasteiger partial charge on any atom is 0.416 e. The van der Waals surface area contributed by atoms with E-state index in [4.69, 9.17) is 8.37 Å². The molecule has 0 bridgehead atoms. The van der Waals surface area contributed by atoms with E-state index in [-0.39, 0.29) is 0 Å². The Kier molecular flexibility index (Phi) is 11.4. The van der Waals surface area contributed by atoms with Gasteiger partial charge in [-0.05, 0) is 25.0 Å². The zero-order valence-corrected chi connectivity index (χ0v) is 11.5. The van der Waals surface area contributed by atoms with E-state index in [1.54, 1.807) is 12.2 Å². The highest BCUT2D eigenvalue weighted by Gasteiger charge is 1.93. The minimum absolute atomic E-state index is 0.830. The predicted octanol–water partition coefficient (Wildman–Crippen LogP) is 3.20. The van der Waals surface area contributed by atoms with E-state index in [1.807, 2.05) is 0 Å². The van der Waals surface area contributed by atoms with Gasteiger partial charge < -0.3 is 8.37 Å². The lowest BCUT2D eigenvalue weighted by Crippen LogP contribution is -1.91. The third-order valence-electron chi connectivity index (χ3n) is 1.01. The molecule has 3 nitrogen and oxygen atoms in total. The molecule has 0 aromatic carbocycles. The second kappa shape index (κ2) is 11.3. The van der Waals surface area contributed by atoms with Gasteiger partial charge >= 0.3 is 11.4 Å². The van der Waals surface area contributed by atoms with E-state index in [0.717, 1.165) is 23.5 Å². The molecular formula is C8H12Br2O3S. The molecular weight excluding hydrogens is 336 g/mol.